The summed E-state index contributed by atoms with van der Waals surface area (Å²) in [4.78, 5) is 12.5. The molecule has 0 saturated carbocycles. The van der Waals surface area contributed by atoms with Crippen molar-refractivity contribution in [2.75, 3.05) is 12.8 Å². The van der Waals surface area contributed by atoms with Crippen molar-refractivity contribution < 1.29 is 9.90 Å². The maximum absolute atomic E-state index is 11.2. The van der Waals surface area contributed by atoms with Crippen molar-refractivity contribution in [1.29, 1.82) is 0 Å². The number of hydrogen-bond acceptors (Lipinski definition) is 6. The summed E-state index contributed by atoms with van der Waals surface area (Å²) in [7, 11) is 1.56. The molecule has 0 fully saturated rings. The van der Waals surface area contributed by atoms with Crippen LogP contribution in [0.5, 0.6) is 0 Å². The summed E-state index contributed by atoms with van der Waals surface area (Å²) in [6.45, 7) is 0. The molecule has 0 radical (unpaired) electrons. The third kappa shape index (κ3) is 2.39. The monoisotopic (exact) mass is 219 g/mol. The van der Waals surface area contributed by atoms with Gasteiger partial charge in [0.15, 0.2) is 5.17 Å². The number of amidine groups is 1. The smallest absolute Gasteiger partial charge is 0.279 e. The molecule has 1 amide bonds. The predicted octanol–water partition coefficient (Wildman–Crippen LogP) is -0.630. The Morgan fingerprint density at radius 3 is 3.23 bits per heavy atom. The molecule has 1 heterocycles. The predicted molar refractivity (Wildman–Crippen MR) is 55.5 cm³/mol. The third-order valence-electron chi connectivity index (χ3n) is 1.41. The van der Waals surface area contributed by atoms with Crippen LogP contribution in [0.4, 0.5) is 0 Å². The van der Waals surface area contributed by atoms with Gasteiger partial charge in [-0.05, 0) is 5.37 Å². The van der Waals surface area contributed by atoms with Crippen LogP contribution in [0.3, 0.4) is 0 Å². The number of carbonyl (C=O) groups is 1. The Bertz CT molecular complexity index is 256. The van der Waals surface area contributed by atoms with Gasteiger partial charge in [0.25, 0.3) is 5.91 Å². The number of aliphatic hydroxyl groups excluding tert-OH is 1. The molecule has 0 aliphatic carbocycles. The van der Waals surface area contributed by atoms with Crippen molar-refractivity contribution in [3.05, 3.63) is 0 Å². The molecule has 1 atom stereocenters. The van der Waals surface area contributed by atoms with Gasteiger partial charge in [-0.1, -0.05) is 24.0 Å². The van der Waals surface area contributed by atoms with E-state index in [1.807, 2.05) is 0 Å². The number of thioether (sulfide) groups is 1. The zero-order valence-corrected chi connectivity index (χ0v) is 8.56. The largest absolute Gasteiger partial charge is 0.365 e. The van der Waals surface area contributed by atoms with Crippen LogP contribution in [0, 0.1) is 0 Å². The van der Waals surface area contributed by atoms with Crippen molar-refractivity contribution in [3.63, 3.8) is 0 Å². The standard InChI is InChI=1S/C6H9N3O2S2/c1-9-5(11)4(10)7-8-6(9)13-3-2-12/h2,4,7,10H,3H2,1H3. The molecule has 72 valence electrons. The molecule has 0 spiro atoms. The molecule has 0 bridgehead atoms. The van der Waals surface area contributed by atoms with E-state index in [1.165, 1.54) is 16.7 Å². The summed E-state index contributed by atoms with van der Waals surface area (Å²) in [5, 5.41) is 14.9. The molecule has 0 aromatic carbocycles. The molecule has 1 aliphatic heterocycles. The fourth-order valence-corrected chi connectivity index (χ4v) is 1.58. The Kier molecular flexibility index (Phi) is 3.64. The molecule has 1 unspecified atom stereocenters. The van der Waals surface area contributed by atoms with Crippen LogP contribution in [-0.2, 0) is 4.79 Å². The highest BCUT2D eigenvalue weighted by molar-refractivity contribution is 8.14. The summed E-state index contributed by atoms with van der Waals surface area (Å²) in [6.07, 6.45) is -1.23. The molecule has 2 N–H and O–H groups in total. The van der Waals surface area contributed by atoms with E-state index in [1.54, 1.807) is 12.4 Å². The van der Waals surface area contributed by atoms with Crippen molar-refractivity contribution in [3.8, 4) is 0 Å². The number of amides is 1. The molecule has 1 aliphatic rings. The molecule has 1 rings (SSSR count). The highest BCUT2D eigenvalue weighted by Gasteiger charge is 2.26. The van der Waals surface area contributed by atoms with Gasteiger partial charge in [0.1, 0.15) is 0 Å². The second-order valence-corrected chi connectivity index (χ2v) is 3.62. The normalized spacial score (nSPS) is 22.3. The van der Waals surface area contributed by atoms with Crippen LogP contribution in [0.1, 0.15) is 0 Å². The third-order valence-corrected chi connectivity index (χ3v) is 2.75. The number of nitrogens with zero attached hydrogens (tertiary/aromatic N) is 2. The van der Waals surface area contributed by atoms with E-state index in [-0.39, 0.29) is 0 Å². The number of thiocarbonyl (C=S) groups is 1. The molecule has 7 heteroatoms. The maximum Gasteiger partial charge on any atom is 0.279 e. The first-order chi connectivity index (χ1) is 6.16. The molecule has 0 aromatic heterocycles. The fourth-order valence-electron chi connectivity index (χ4n) is 0.762. The first-order valence-corrected chi connectivity index (χ1v) is 4.98. The van der Waals surface area contributed by atoms with E-state index >= 15 is 0 Å². The van der Waals surface area contributed by atoms with Gasteiger partial charge < -0.3 is 5.11 Å². The number of likely N-dealkylation sites (N-methyl/N-ethyl adjacent to an activating group) is 1. The van der Waals surface area contributed by atoms with Gasteiger partial charge in [0.05, 0.1) is 0 Å². The molecule has 13 heavy (non-hydrogen) atoms. The maximum atomic E-state index is 11.2. The zero-order valence-electron chi connectivity index (χ0n) is 6.93. The molecule has 0 aromatic rings. The SMILES string of the molecule is CN1C(=O)C(O)NN=C1SCC=S. The quantitative estimate of drug-likeness (QED) is 0.605. The Morgan fingerprint density at radius 2 is 2.62 bits per heavy atom. The summed E-state index contributed by atoms with van der Waals surface area (Å²) in [6, 6.07) is 0. The highest BCUT2D eigenvalue weighted by Crippen LogP contribution is 2.10. The van der Waals surface area contributed by atoms with E-state index < -0.39 is 12.1 Å². The van der Waals surface area contributed by atoms with Gasteiger partial charge >= 0.3 is 0 Å². The molecular formula is C6H9N3O2S2. The highest BCUT2D eigenvalue weighted by atomic mass is 32.2. The van der Waals surface area contributed by atoms with E-state index in [2.05, 4.69) is 22.7 Å². The number of hydrazone groups is 1. The van der Waals surface area contributed by atoms with E-state index in [9.17, 15) is 4.79 Å². The average Bonchev–Trinajstić information content (AvgIpc) is 2.13. The molecular weight excluding hydrogens is 210 g/mol. The van der Waals surface area contributed by atoms with E-state index in [0.29, 0.717) is 10.9 Å². The van der Waals surface area contributed by atoms with Gasteiger partial charge in [0.2, 0.25) is 6.23 Å². The van der Waals surface area contributed by atoms with E-state index in [4.69, 9.17) is 5.11 Å². The van der Waals surface area contributed by atoms with Gasteiger partial charge in [0, 0.05) is 12.8 Å². The van der Waals surface area contributed by atoms with Gasteiger partial charge in [-0.25, -0.2) is 0 Å². The lowest BCUT2D eigenvalue weighted by Crippen LogP contribution is -2.50. The fraction of sp³-hybridized carbons (Fsp3) is 0.500. The molecule has 0 saturated heterocycles. The zero-order chi connectivity index (χ0) is 9.84. The number of rotatable bonds is 2. The van der Waals surface area contributed by atoms with Crippen LogP contribution in [-0.4, -0.2) is 45.5 Å². The Balaban J connectivity index is 2.64. The van der Waals surface area contributed by atoms with Gasteiger partial charge in [-0.15, -0.1) is 0 Å². The number of aliphatic hydroxyl groups is 1. The minimum Gasteiger partial charge on any atom is -0.365 e. The van der Waals surface area contributed by atoms with Crippen LogP contribution < -0.4 is 5.43 Å². The minimum absolute atomic E-state index is 0.415. The number of carbonyl (C=O) groups excluding carboxylic acids is 1. The second-order valence-electron chi connectivity index (χ2n) is 2.30. The van der Waals surface area contributed by atoms with Crippen LogP contribution in [0.15, 0.2) is 5.10 Å². The Morgan fingerprint density at radius 1 is 1.92 bits per heavy atom. The van der Waals surface area contributed by atoms with Crippen LogP contribution in [0.2, 0.25) is 0 Å². The van der Waals surface area contributed by atoms with Crippen LogP contribution >= 0.6 is 24.0 Å². The van der Waals surface area contributed by atoms with Crippen molar-refractivity contribution in [2.45, 2.75) is 6.23 Å². The average molecular weight is 219 g/mol. The summed E-state index contributed by atoms with van der Waals surface area (Å²) in [5.74, 6) is 0.186. The summed E-state index contributed by atoms with van der Waals surface area (Å²) < 4.78 is 0. The molecule has 5 nitrogen and oxygen atoms in total. The Labute approximate surface area is 85.2 Å². The second kappa shape index (κ2) is 4.54. The van der Waals surface area contributed by atoms with Crippen LogP contribution in [0.25, 0.3) is 0 Å². The first-order valence-electron chi connectivity index (χ1n) is 3.52. The summed E-state index contributed by atoms with van der Waals surface area (Å²) in [5.41, 5.74) is 2.30. The Hall–Kier alpha value is -0.660. The number of hydrogen-bond donors (Lipinski definition) is 2. The van der Waals surface area contributed by atoms with Gasteiger partial charge in [-0.3, -0.25) is 15.1 Å². The lowest BCUT2D eigenvalue weighted by atomic mass is 10.5. The van der Waals surface area contributed by atoms with Crippen molar-refractivity contribution in [1.82, 2.24) is 10.3 Å². The first kappa shape index (κ1) is 10.4. The van der Waals surface area contributed by atoms with Crippen molar-refractivity contribution in [2.24, 2.45) is 5.10 Å². The van der Waals surface area contributed by atoms with E-state index in [0.717, 1.165) is 0 Å². The lowest BCUT2D eigenvalue weighted by Gasteiger charge is -2.25. The summed E-state index contributed by atoms with van der Waals surface area (Å²) >= 11 is 5.97. The lowest BCUT2D eigenvalue weighted by molar-refractivity contribution is -0.137. The minimum atomic E-state index is -1.23. The van der Waals surface area contributed by atoms with Crippen molar-refractivity contribution >= 4 is 40.4 Å². The topological polar surface area (TPSA) is 64.9 Å². The van der Waals surface area contributed by atoms with Gasteiger partial charge in [-0.2, -0.15) is 5.10 Å². The number of nitrogens with one attached hydrogen (secondary N) is 1.